The van der Waals surface area contributed by atoms with Crippen molar-refractivity contribution in [3.63, 3.8) is 0 Å². The molecule has 5 nitrogen and oxygen atoms in total. The summed E-state index contributed by atoms with van der Waals surface area (Å²) in [6.07, 6.45) is 1.58. The summed E-state index contributed by atoms with van der Waals surface area (Å²) in [4.78, 5) is 21.0. The molecule has 0 aliphatic heterocycles. The number of amides is 1. The third kappa shape index (κ3) is 3.58. The van der Waals surface area contributed by atoms with Crippen LogP contribution < -0.4 is 10.6 Å². The summed E-state index contributed by atoms with van der Waals surface area (Å²) in [5, 5.41) is 8.43. The smallest absolute Gasteiger partial charge is 0.261 e. The quantitative estimate of drug-likeness (QED) is 0.911. The lowest BCUT2D eigenvalue weighted by molar-refractivity contribution is 0.102. The summed E-state index contributed by atoms with van der Waals surface area (Å²) >= 11 is 1.43. The van der Waals surface area contributed by atoms with Crippen molar-refractivity contribution in [2.24, 2.45) is 0 Å². The molecule has 0 atom stereocenters. The summed E-state index contributed by atoms with van der Waals surface area (Å²) in [5.41, 5.74) is 3.07. The second-order valence-electron chi connectivity index (χ2n) is 5.86. The fourth-order valence-electron chi connectivity index (χ4n) is 1.79. The van der Waals surface area contributed by atoms with Crippen LogP contribution in [0.1, 0.15) is 42.5 Å². The van der Waals surface area contributed by atoms with Crippen molar-refractivity contribution in [1.29, 1.82) is 0 Å². The van der Waals surface area contributed by atoms with Gasteiger partial charge in [0.05, 0.1) is 16.9 Å². The van der Waals surface area contributed by atoms with Crippen LogP contribution in [0.4, 0.5) is 10.8 Å². The second-order valence-corrected chi connectivity index (χ2v) is 6.72. The van der Waals surface area contributed by atoms with Gasteiger partial charge in [-0.25, -0.2) is 4.98 Å². The maximum absolute atomic E-state index is 12.3. The van der Waals surface area contributed by atoms with Crippen LogP contribution in [-0.4, -0.2) is 22.9 Å². The van der Waals surface area contributed by atoms with Crippen molar-refractivity contribution in [2.45, 2.75) is 33.1 Å². The molecule has 2 aromatic rings. The van der Waals surface area contributed by atoms with Gasteiger partial charge in [0.25, 0.3) is 5.91 Å². The van der Waals surface area contributed by atoms with Crippen LogP contribution in [0.25, 0.3) is 0 Å². The lowest BCUT2D eigenvalue weighted by Gasteiger charge is -2.14. The molecular formula is C15H20N4OS. The molecular weight excluding hydrogens is 284 g/mol. The van der Waals surface area contributed by atoms with Gasteiger partial charge >= 0.3 is 0 Å². The summed E-state index contributed by atoms with van der Waals surface area (Å²) in [5.74, 6) is -0.207. The van der Waals surface area contributed by atoms with Crippen molar-refractivity contribution in [3.05, 3.63) is 34.6 Å². The molecule has 112 valence electrons. The molecule has 0 radical (unpaired) electrons. The van der Waals surface area contributed by atoms with E-state index < -0.39 is 0 Å². The molecule has 0 spiro atoms. The Kier molecular flexibility index (Phi) is 4.27. The van der Waals surface area contributed by atoms with Crippen molar-refractivity contribution in [2.75, 3.05) is 17.7 Å². The van der Waals surface area contributed by atoms with Crippen LogP contribution in [0, 0.1) is 6.92 Å². The van der Waals surface area contributed by atoms with E-state index in [0.29, 0.717) is 10.7 Å². The number of aromatic nitrogens is 2. The summed E-state index contributed by atoms with van der Waals surface area (Å²) in [6, 6.07) is 1.84. The van der Waals surface area contributed by atoms with Crippen molar-refractivity contribution < 1.29 is 4.79 Å². The third-order valence-corrected chi connectivity index (χ3v) is 3.81. The van der Waals surface area contributed by atoms with Gasteiger partial charge in [0.1, 0.15) is 0 Å². The van der Waals surface area contributed by atoms with Crippen LogP contribution >= 0.6 is 11.3 Å². The molecule has 2 aromatic heterocycles. The van der Waals surface area contributed by atoms with E-state index in [-0.39, 0.29) is 11.3 Å². The van der Waals surface area contributed by atoms with Crippen molar-refractivity contribution >= 4 is 28.1 Å². The van der Waals surface area contributed by atoms with Crippen LogP contribution in [0.15, 0.2) is 17.6 Å². The van der Waals surface area contributed by atoms with E-state index in [1.807, 2.05) is 18.4 Å². The zero-order valence-electron chi connectivity index (χ0n) is 12.9. The average molecular weight is 304 g/mol. The number of pyridine rings is 1. The third-order valence-electron chi connectivity index (χ3n) is 3.05. The number of carbonyl (C=O) groups is 1. The van der Waals surface area contributed by atoms with Gasteiger partial charge in [0.15, 0.2) is 5.13 Å². The number of nitrogens with zero attached hydrogens (tertiary/aromatic N) is 2. The van der Waals surface area contributed by atoms with E-state index in [2.05, 4.69) is 41.4 Å². The van der Waals surface area contributed by atoms with Crippen LogP contribution in [-0.2, 0) is 5.41 Å². The van der Waals surface area contributed by atoms with Gasteiger partial charge < -0.3 is 5.32 Å². The first kappa shape index (κ1) is 15.4. The Labute approximate surface area is 128 Å². The number of hydrogen-bond acceptors (Lipinski definition) is 5. The van der Waals surface area contributed by atoms with E-state index in [9.17, 15) is 4.79 Å². The molecule has 0 unspecified atom stereocenters. The first-order chi connectivity index (χ1) is 9.81. The predicted molar refractivity (Wildman–Crippen MR) is 87.3 cm³/mol. The highest BCUT2D eigenvalue weighted by Gasteiger charge is 2.19. The van der Waals surface area contributed by atoms with E-state index in [0.717, 1.165) is 17.1 Å². The number of aryl methyl sites for hydroxylation is 1. The lowest BCUT2D eigenvalue weighted by Crippen LogP contribution is -2.16. The molecule has 6 heteroatoms. The molecule has 0 aromatic carbocycles. The Bertz CT molecular complexity index is 658. The average Bonchev–Trinajstić information content (AvgIpc) is 2.86. The zero-order chi connectivity index (χ0) is 15.6. The highest BCUT2D eigenvalue weighted by Crippen LogP contribution is 2.27. The van der Waals surface area contributed by atoms with Gasteiger partial charge in [0, 0.05) is 29.7 Å². The Hall–Kier alpha value is -1.95. The minimum Gasteiger partial charge on any atom is -0.387 e. The first-order valence-electron chi connectivity index (χ1n) is 6.73. The van der Waals surface area contributed by atoms with E-state index in [4.69, 9.17) is 0 Å². The lowest BCUT2D eigenvalue weighted by atomic mass is 9.93. The first-order valence-corrected chi connectivity index (χ1v) is 7.61. The number of hydrogen-bond donors (Lipinski definition) is 2. The molecule has 2 rings (SSSR count). The van der Waals surface area contributed by atoms with Gasteiger partial charge in [-0.2, -0.15) is 0 Å². The fraction of sp³-hybridized carbons (Fsp3) is 0.400. The fourth-order valence-corrected chi connectivity index (χ4v) is 2.72. The predicted octanol–water partition coefficient (Wildman–Crippen LogP) is 3.44. The molecule has 0 saturated heterocycles. The summed E-state index contributed by atoms with van der Waals surface area (Å²) in [6.45, 7) is 8.17. The van der Waals surface area contributed by atoms with Gasteiger partial charge in [-0.15, -0.1) is 11.3 Å². The van der Waals surface area contributed by atoms with E-state index >= 15 is 0 Å². The maximum atomic E-state index is 12.3. The molecule has 0 fully saturated rings. The van der Waals surface area contributed by atoms with Gasteiger partial charge in [-0.3, -0.25) is 15.1 Å². The Morgan fingerprint density at radius 1 is 1.33 bits per heavy atom. The highest BCUT2D eigenvalue weighted by atomic mass is 32.1. The molecule has 2 heterocycles. The molecule has 2 N–H and O–H groups in total. The van der Waals surface area contributed by atoms with E-state index in [1.165, 1.54) is 11.3 Å². The van der Waals surface area contributed by atoms with Crippen LogP contribution in [0.2, 0.25) is 0 Å². The SMILES string of the molecule is CNc1cc(C)ncc1C(=O)Nc1nc(C(C)(C)C)cs1. The van der Waals surface area contributed by atoms with Crippen molar-refractivity contribution in [1.82, 2.24) is 9.97 Å². The zero-order valence-corrected chi connectivity index (χ0v) is 13.8. The summed E-state index contributed by atoms with van der Waals surface area (Å²) in [7, 11) is 1.78. The Morgan fingerprint density at radius 2 is 2.05 bits per heavy atom. The Balaban J connectivity index is 2.20. The highest BCUT2D eigenvalue weighted by molar-refractivity contribution is 7.14. The monoisotopic (exact) mass is 304 g/mol. The number of rotatable bonds is 3. The number of thiazole rings is 1. The second kappa shape index (κ2) is 5.81. The maximum Gasteiger partial charge on any atom is 0.261 e. The standard InChI is InChI=1S/C15H20N4OS/c1-9-6-11(16-5)10(7-17-9)13(20)19-14-18-12(8-21-14)15(2,3)4/h6-8H,1-5H3,(H,16,17)(H,18,19,20). The minimum absolute atomic E-state index is 0.0268. The largest absolute Gasteiger partial charge is 0.387 e. The minimum atomic E-state index is -0.207. The molecule has 0 bridgehead atoms. The number of anilines is 2. The summed E-state index contributed by atoms with van der Waals surface area (Å²) < 4.78 is 0. The van der Waals surface area contributed by atoms with Gasteiger partial charge in [0.2, 0.25) is 0 Å². The van der Waals surface area contributed by atoms with E-state index in [1.54, 1.807) is 13.2 Å². The molecule has 0 aliphatic rings. The van der Waals surface area contributed by atoms with Gasteiger partial charge in [-0.1, -0.05) is 20.8 Å². The number of carbonyl (C=O) groups excluding carboxylic acids is 1. The van der Waals surface area contributed by atoms with Crippen LogP contribution in [0.5, 0.6) is 0 Å². The molecule has 0 aliphatic carbocycles. The number of nitrogens with one attached hydrogen (secondary N) is 2. The molecule has 21 heavy (non-hydrogen) atoms. The topological polar surface area (TPSA) is 66.9 Å². The molecule has 0 saturated carbocycles. The van der Waals surface area contributed by atoms with Gasteiger partial charge in [-0.05, 0) is 13.0 Å². The van der Waals surface area contributed by atoms with Crippen molar-refractivity contribution in [3.8, 4) is 0 Å². The Morgan fingerprint density at radius 3 is 2.62 bits per heavy atom. The molecule has 1 amide bonds. The van der Waals surface area contributed by atoms with Crippen LogP contribution in [0.3, 0.4) is 0 Å². The normalized spacial score (nSPS) is 11.3.